The van der Waals surface area contributed by atoms with Gasteiger partial charge in [-0.05, 0) is 24.6 Å². The van der Waals surface area contributed by atoms with Crippen molar-refractivity contribution in [3.63, 3.8) is 0 Å². The van der Waals surface area contributed by atoms with Gasteiger partial charge in [0, 0.05) is 37.3 Å². The first-order valence-corrected chi connectivity index (χ1v) is 7.16. The predicted octanol–water partition coefficient (Wildman–Crippen LogP) is 2.46. The molecule has 1 N–H and O–H groups in total. The lowest BCUT2D eigenvalue weighted by molar-refractivity contribution is 0.0956. The maximum Gasteiger partial charge on any atom is 0.251 e. The molecule has 0 atom stereocenters. The zero-order valence-corrected chi connectivity index (χ0v) is 11.9. The monoisotopic (exact) mass is 275 g/mol. The van der Waals surface area contributed by atoms with Gasteiger partial charge in [-0.15, -0.1) is 0 Å². The topological polar surface area (TPSA) is 46.9 Å². The molecule has 2 aromatic rings. The van der Waals surface area contributed by atoms with E-state index >= 15 is 0 Å². The van der Waals surface area contributed by atoms with Crippen LogP contribution in [0.25, 0.3) is 0 Å². The number of aryl methyl sites for hydroxylation is 1. The van der Waals surface area contributed by atoms with Crippen molar-refractivity contribution < 1.29 is 4.79 Å². The van der Waals surface area contributed by atoms with E-state index in [0.29, 0.717) is 12.1 Å². The molecule has 0 spiro atoms. The first-order valence-electron chi connectivity index (χ1n) is 6.18. The number of carbonyl (C=O) groups is 1. The van der Waals surface area contributed by atoms with E-state index in [1.54, 1.807) is 18.0 Å². The molecule has 0 aliphatic rings. The van der Waals surface area contributed by atoms with Gasteiger partial charge in [-0.2, -0.15) is 0 Å². The molecule has 0 saturated heterocycles. The van der Waals surface area contributed by atoms with Crippen LogP contribution in [0.15, 0.2) is 41.8 Å². The fraction of sp³-hybridized carbons (Fsp3) is 0.286. The molecule has 19 heavy (non-hydrogen) atoms. The lowest BCUT2D eigenvalue weighted by Crippen LogP contribution is -2.22. The van der Waals surface area contributed by atoms with Crippen LogP contribution in [0, 0.1) is 0 Å². The standard InChI is InChI=1S/C14H17N3OS/c1-3-15-13(18)12-6-4-11(5-7-12)10-19-14-16-8-9-17(14)2/h4-9H,3,10H2,1-2H3,(H,15,18). The molecule has 0 radical (unpaired) electrons. The van der Waals surface area contributed by atoms with Crippen molar-refractivity contribution in [2.24, 2.45) is 7.05 Å². The number of rotatable bonds is 5. The highest BCUT2D eigenvalue weighted by Gasteiger charge is 2.05. The highest BCUT2D eigenvalue weighted by atomic mass is 32.2. The highest BCUT2D eigenvalue weighted by molar-refractivity contribution is 7.98. The van der Waals surface area contributed by atoms with E-state index in [0.717, 1.165) is 10.9 Å². The summed E-state index contributed by atoms with van der Waals surface area (Å²) < 4.78 is 1.99. The Morgan fingerprint density at radius 1 is 1.37 bits per heavy atom. The molecule has 0 aliphatic carbocycles. The van der Waals surface area contributed by atoms with Gasteiger partial charge >= 0.3 is 0 Å². The van der Waals surface area contributed by atoms with Crippen LogP contribution in [0.1, 0.15) is 22.8 Å². The number of nitrogens with one attached hydrogen (secondary N) is 1. The number of hydrogen-bond acceptors (Lipinski definition) is 3. The first-order chi connectivity index (χ1) is 9.20. The summed E-state index contributed by atoms with van der Waals surface area (Å²) in [6.45, 7) is 2.56. The van der Waals surface area contributed by atoms with Gasteiger partial charge in [-0.25, -0.2) is 4.98 Å². The lowest BCUT2D eigenvalue weighted by Gasteiger charge is -2.04. The van der Waals surface area contributed by atoms with Crippen molar-refractivity contribution in [2.75, 3.05) is 6.54 Å². The summed E-state index contributed by atoms with van der Waals surface area (Å²) >= 11 is 1.68. The normalized spacial score (nSPS) is 10.4. The van der Waals surface area contributed by atoms with Crippen molar-refractivity contribution in [3.05, 3.63) is 47.8 Å². The fourth-order valence-electron chi connectivity index (χ4n) is 1.65. The average molecular weight is 275 g/mol. The summed E-state index contributed by atoms with van der Waals surface area (Å²) in [5.41, 5.74) is 1.88. The number of carbonyl (C=O) groups excluding carboxylic acids is 1. The molecule has 1 amide bonds. The number of hydrogen-bond donors (Lipinski definition) is 1. The minimum absolute atomic E-state index is 0.0224. The second kappa shape index (κ2) is 6.43. The van der Waals surface area contributed by atoms with Crippen LogP contribution in [0.3, 0.4) is 0 Å². The van der Waals surface area contributed by atoms with Crippen LogP contribution in [0.5, 0.6) is 0 Å². The van der Waals surface area contributed by atoms with Gasteiger partial charge in [0.05, 0.1) is 0 Å². The molecule has 0 aliphatic heterocycles. The Morgan fingerprint density at radius 2 is 2.11 bits per heavy atom. The van der Waals surface area contributed by atoms with E-state index in [4.69, 9.17) is 0 Å². The molecule has 100 valence electrons. The summed E-state index contributed by atoms with van der Waals surface area (Å²) in [6.07, 6.45) is 3.72. The average Bonchev–Trinajstić information content (AvgIpc) is 2.83. The van der Waals surface area contributed by atoms with E-state index in [-0.39, 0.29) is 5.91 Å². The third kappa shape index (κ3) is 3.61. The fourth-order valence-corrected chi connectivity index (χ4v) is 2.54. The summed E-state index contributed by atoms with van der Waals surface area (Å²) in [4.78, 5) is 15.9. The molecule has 0 unspecified atom stereocenters. The van der Waals surface area contributed by atoms with E-state index < -0.39 is 0 Å². The number of nitrogens with zero attached hydrogens (tertiary/aromatic N) is 2. The Bertz CT molecular complexity index is 548. The number of aromatic nitrogens is 2. The van der Waals surface area contributed by atoms with Crippen molar-refractivity contribution in [2.45, 2.75) is 17.8 Å². The SMILES string of the molecule is CCNC(=O)c1ccc(CSc2nccn2C)cc1. The van der Waals surface area contributed by atoms with E-state index in [2.05, 4.69) is 10.3 Å². The molecule has 0 saturated carbocycles. The zero-order chi connectivity index (χ0) is 13.7. The summed E-state index contributed by atoms with van der Waals surface area (Å²) in [7, 11) is 1.98. The Balaban J connectivity index is 1.95. The number of benzene rings is 1. The first kappa shape index (κ1) is 13.7. The van der Waals surface area contributed by atoms with Gasteiger partial charge < -0.3 is 9.88 Å². The molecule has 5 heteroatoms. The van der Waals surface area contributed by atoms with Gasteiger partial charge in [0.25, 0.3) is 5.91 Å². The molecule has 0 bridgehead atoms. The number of amides is 1. The van der Waals surface area contributed by atoms with E-state index in [9.17, 15) is 4.79 Å². The van der Waals surface area contributed by atoms with Crippen molar-refractivity contribution in [3.8, 4) is 0 Å². The highest BCUT2D eigenvalue weighted by Crippen LogP contribution is 2.20. The third-order valence-electron chi connectivity index (χ3n) is 2.70. The Morgan fingerprint density at radius 3 is 2.68 bits per heavy atom. The van der Waals surface area contributed by atoms with Crippen LogP contribution in [-0.2, 0) is 12.8 Å². The predicted molar refractivity (Wildman–Crippen MR) is 77.2 cm³/mol. The maximum absolute atomic E-state index is 11.6. The van der Waals surface area contributed by atoms with Crippen LogP contribution in [0.4, 0.5) is 0 Å². The van der Waals surface area contributed by atoms with Crippen LogP contribution < -0.4 is 5.32 Å². The Labute approximate surface area is 117 Å². The summed E-state index contributed by atoms with van der Waals surface area (Å²) in [5.74, 6) is 0.825. The minimum atomic E-state index is -0.0224. The molecular formula is C14H17N3OS. The molecule has 2 rings (SSSR count). The Kier molecular flexibility index (Phi) is 4.63. The maximum atomic E-state index is 11.6. The largest absolute Gasteiger partial charge is 0.352 e. The lowest BCUT2D eigenvalue weighted by atomic mass is 10.1. The molecule has 1 aromatic carbocycles. The second-order valence-electron chi connectivity index (χ2n) is 4.17. The van der Waals surface area contributed by atoms with Crippen molar-refractivity contribution in [1.29, 1.82) is 0 Å². The summed E-state index contributed by atoms with van der Waals surface area (Å²) in [5, 5.41) is 3.78. The molecule has 1 aromatic heterocycles. The minimum Gasteiger partial charge on any atom is -0.352 e. The van der Waals surface area contributed by atoms with E-state index in [1.807, 2.05) is 49.0 Å². The molecule has 1 heterocycles. The van der Waals surface area contributed by atoms with Crippen LogP contribution in [-0.4, -0.2) is 22.0 Å². The second-order valence-corrected chi connectivity index (χ2v) is 5.11. The zero-order valence-electron chi connectivity index (χ0n) is 11.1. The van der Waals surface area contributed by atoms with Crippen molar-refractivity contribution >= 4 is 17.7 Å². The quantitative estimate of drug-likeness (QED) is 0.853. The van der Waals surface area contributed by atoms with Gasteiger partial charge in [0.1, 0.15) is 0 Å². The van der Waals surface area contributed by atoms with Crippen LogP contribution in [0.2, 0.25) is 0 Å². The van der Waals surface area contributed by atoms with Gasteiger partial charge in [-0.3, -0.25) is 4.79 Å². The molecule has 4 nitrogen and oxygen atoms in total. The van der Waals surface area contributed by atoms with Gasteiger partial charge in [0.15, 0.2) is 5.16 Å². The molecule has 0 fully saturated rings. The van der Waals surface area contributed by atoms with Crippen molar-refractivity contribution in [1.82, 2.24) is 14.9 Å². The molecular weight excluding hydrogens is 258 g/mol. The van der Waals surface area contributed by atoms with E-state index in [1.165, 1.54) is 5.56 Å². The van der Waals surface area contributed by atoms with Gasteiger partial charge in [0.2, 0.25) is 0 Å². The third-order valence-corrected chi connectivity index (χ3v) is 3.83. The number of imidazole rings is 1. The van der Waals surface area contributed by atoms with Gasteiger partial charge in [-0.1, -0.05) is 23.9 Å². The summed E-state index contributed by atoms with van der Waals surface area (Å²) in [6, 6.07) is 7.69. The smallest absolute Gasteiger partial charge is 0.251 e. The Hall–Kier alpha value is -1.75. The number of thioether (sulfide) groups is 1. The van der Waals surface area contributed by atoms with Crippen LogP contribution >= 0.6 is 11.8 Å².